The van der Waals surface area contributed by atoms with E-state index in [-0.39, 0.29) is 18.2 Å². The van der Waals surface area contributed by atoms with Crippen molar-refractivity contribution in [1.29, 1.82) is 0 Å². The van der Waals surface area contributed by atoms with Gasteiger partial charge in [-0.2, -0.15) is 0 Å². The van der Waals surface area contributed by atoms with E-state index in [2.05, 4.69) is 5.32 Å². The molecule has 3 rings (SSSR count). The summed E-state index contributed by atoms with van der Waals surface area (Å²) in [5.74, 6) is 0.00103. The van der Waals surface area contributed by atoms with E-state index >= 15 is 0 Å². The second-order valence-corrected chi connectivity index (χ2v) is 6.94. The Kier molecular flexibility index (Phi) is 5.69. The fourth-order valence-electron chi connectivity index (χ4n) is 3.00. The molecule has 1 N–H and O–H groups in total. The maximum absolute atomic E-state index is 12.5. The highest BCUT2D eigenvalue weighted by Crippen LogP contribution is 2.30. The minimum atomic E-state index is -0.421. The molecule has 0 bridgehead atoms. The number of ether oxygens (including phenoxy) is 1. The number of carbonyl (C=O) groups excluding carboxylic acids is 2. The Bertz CT molecular complexity index is 821. The number of rotatable bonds is 5. The van der Waals surface area contributed by atoms with Gasteiger partial charge in [0.1, 0.15) is 5.75 Å². The number of carbonyl (C=O) groups is 2. The van der Waals surface area contributed by atoms with Gasteiger partial charge in [0, 0.05) is 40.8 Å². The van der Waals surface area contributed by atoms with Gasteiger partial charge >= 0.3 is 0 Å². The molecule has 1 unspecified atom stereocenters. The van der Waals surface area contributed by atoms with Crippen LogP contribution in [-0.4, -0.2) is 25.5 Å². The van der Waals surface area contributed by atoms with Gasteiger partial charge in [0.05, 0.1) is 13.0 Å². The van der Waals surface area contributed by atoms with Gasteiger partial charge in [-0.3, -0.25) is 9.59 Å². The average Bonchev–Trinajstić information content (AvgIpc) is 3.01. The first-order valence-electron chi connectivity index (χ1n) is 8.14. The number of para-hydroxylation sites is 1. The van der Waals surface area contributed by atoms with Crippen molar-refractivity contribution in [2.24, 2.45) is 5.92 Å². The molecule has 0 spiro atoms. The number of benzene rings is 2. The maximum Gasteiger partial charge on any atom is 0.227 e. The van der Waals surface area contributed by atoms with E-state index in [0.717, 1.165) is 5.56 Å². The molecule has 0 saturated carbocycles. The molecule has 1 heterocycles. The molecule has 26 heavy (non-hydrogen) atoms. The second-order valence-electron chi connectivity index (χ2n) is 6.06. The van der Waals surface area contributed by atoms with Crippen molar-refractivity contribution in [2.75, 3.05) is 18.6 Å². The third kappa shape index (κ3) is 4.11. The molecule has 1 fully saturated rings. The summed E-state index contributed by atoms with van der Waals surface area (Å²) in [6, 6.07) is 12.4. The topological polar surface area (TPSA) is 58.6 Å². The number of hydrogen-bond donors (Lipinski definition) is 1. The molecule has 1 saturated heterocycles. The lowest BCUT2D eigenvalue weighted by atomic mass is 10.1. The smallest absolute Gasteiger partial charge is 0.227 e. The SMILES string of the molecule is COc1ccccc1CNC(=O)C1CC(=O)N(c2cc(Cl)cc(Cl)c2)C1. The first-order valence-corrected chi connectivity index (χ1v) is 8.89. The van der Waals surface area contributed by atoms with E-state index in [4.69, 9.17) is 27.9 Å². The van der Waals surface area contributed by atoms with Crippen LogP contribution < -0.4 is 15.0 Å². The van der Waals surface area contributed by atoms with Crippen LogP contribution in [0, 0.1) is 5.92 Å². The van der Waals surface area contributed by atoms with E-state index in [9.17, 15) is 9.59 Å². The monoisotopic (exact) mass is 392 g/mol. The molecule has 7 heteroatoms. The number of methoxy groups -OCH3 is 1. The van der Waals surface area contributed by atoms with Crippen LogP contribution in [0.3, 0.4) is 0 Å². The fourth-order valence-corrected chi connectivity index (χ4v) is 3.52. The highest BCUT2D eigenvalue weighted by molar-refractivity contribution is 6.35. The number of hydrogen-bond acceptors (Lipinski definition) is 3. The van der Waals surface area contributed by atoms with Gasteiger partial charge in [0.25, 0.3) is 0 Å². The number of amides is 2. The van der Waals surface area contributed by atoms with Crippen LogP contribution in [0.2, 0.25) is 10.0 Å². The number of halogens is 2. The summed E-state index contributed by atoms with van der Waals surface area (Å²) in [6.45, 7) is 0.643. The summed E-state index contributed by atoms with van der Waals surface area (Å²) in [7, 11) is 1.59. The Morgan fingerprint density at radius 2 is 1.92 bits per heavy atom. The lowest BCUT2D eigenvalue weighted by Crippen LogP contribution is -2.32. The van der Waals surface area contributed by atoms with Crippen LogP contribution >= 0.6 is 23.2 Å². The van der Waals surface area contributed by atoms with Crippen molar-refractivity contribution in [3.8, 4) is 5.75 Å². The molecule has 2 aromatic rings. The van der Waals surface area contributed by atoms with E-state index < -0.39 is 5.92 Å². The molecule has 0 radical (unpaired) electrons. The average molecular weight is 393 g/mol. The van der Waals surface area contributed by atoms with Crippen molar-refractivity contribution >= 4 is 40.7 Å². The second kappa shape index (κ2) is 7.98. The van der Waals surface area contributed by atoms with Crippen molar-refractivity contribution in [3.63, 3.8) is 0 Å². The zero-order chi connectivity index (χ0) is 18.7. The van der Waals surface area contributed by atoms with Crippen LogP contribution in [0.25, 0.3) is 0 Å². The molecular formula is C19H18Cl2N2O3. The molecule has 2 amide bonds. The van der Waals surface area contributed by atoms with Gasteiger partial charge in [-0.15, -0.1) is 0 Å². The Morgan fingerprint density at radius 3 is 2.62 bits per heavy atom. The van der Waals surface area contributed by atoms with E-state index in [1.807, 2.05) is 24.3 Å². The van der Waals surface area contributed by atoms with Gasteiger partial charge in [-0.05, 0) is 24.3 Å². The third-order valence-electron chi connectivity index (χ3n) is 4.30. The Morgan fingerprint density at radius 1 is 1.23 bits per heavy atom. The zero-order valence-corrected chi connectivity index (χ0v) is 15.7. The zero-order valence-electron chi connectivity index (χ0n) is 14.2. The predicted molar refractivity (Wildman–Crippen MR) is 102 cm³/mol. The molecular weight excluding hydrogens is 375 g/mol. The fraction of sp³-hybridized carbons (Fsp3) is 0.263. The van der Waals surface area contributed by atoms with Gasteiger partial charge in [-0.25, -0.2) is 0 Å². The number of anilines is 1. The van der Waals surface area contributed by atoms with Crippen molar-refractivity contribution in [3.05, 3.63) is 58.1 Å². The summed E-state index contributed by atoms with van der Waals surface area (Å²) < 4.78 is 5.28. The minimum absolute atomic E-state index is 0.124. The molecule has 1 aliphatic heterocycles. The van der Waals surface area contributed by atoms with Crippen LogP contribution in [0.15, 0.2) is 42.5 Å². The highest BCUT2D eigenvalue weighted by Gasteiger charge is 2.35. The summed E-state index contributed by atoms with van der Waals surface area (Å²) in [5.41, 5.74) is 1.48. The molecule has 136 valence electrons. The molecule has 2 aromatic carbocycles. The standard InChI is InChI=1S/C19H18Cl2N2O3/c1-26-17-5-3-2-4-12(17)10-22-19(25)13-6-18(24)23(11-13)16-8-14(20)7-15(21)9-16/h2-5,7-9,13H,6,10-11H2,1H3,(H,22,25). The normalized spacial score (nSPS) is 16.7. The van der Waals surface area contributed by atoms with Gasteiger partial charge in [0.15, 0.2) is 0 Å². The molecule has 0 aromatic heterocycles. The summed E-state index contributed by atoms with van der Waals surface area (Å²) in [6.07, 6.45) is 0.155. The van der Waals surface area contributed by atoms with Crippen LogP contribution in [-0.2, 0) is 16.1 Å². The third-order valence-corrected chi connectivity index (χ3v) is 4.74. The summed E-state index contributed by atoms with van der Waals surface area (Å²) in [5, 5.41) is 3.78. The van der Waals surface area contributed by atoms with Gasteiger partial charge in [-0.1, -0.05) is 41.4 Å². The first kappa shape index (κ1) is 18.5. The molecule has 1 atom stereocenters. The van der Waals surface area contributed by atoms with Crippen LogP contribution in [0.1, 0.15) is 12.0 Å². The van der Waals surface area contributed by atoms with E-state index in [1.165, 1.54) is 0 Å². The molecule has 1 aliphatic rings. The minimum Gasteiger partial charge on any atom is -0.496 e. The lowest BCUT2D eigenvalue weighted by Gasteiger charge is -2.17. The number of nitrogens with zero attached hydrogens (tertiary/aromatic N) is 1. The Hall–Kier alpha value is -2.24. The number of nitrogens with one attached hydrogen (secondary N) is 1. The molecule has 0 aliphatic carbocycles. The highest BCUT2D eigenvalue weighted by atomic mass is 35.5. The Balaban J connectivity index is 1.65. The first-order chi connectivity index (χ1) is 12.5. The van der Waals surface area contributed by atoms with Crippen molar-refractivity contribution in [1.82, 2.24) is 5.32 Å². The van der Waals surface area contributed by atoms with Gasteiger partial charge < -0.3 is 15.0 Å². The lowest BCUT2D eigenvalue weighted by molar-refractivity contribution is -0.126. The van der Waals surface area contributed by atoms with Crippen molar-refractivity contribution in [2.45, 2.75) is 13.0 Å². The van der Waals surface area contributed by atoms with E-state index in [1.54, 1.807) is 30.2 Å². The van der Waals surface area contributed by atoms with Crippen molar-refractivity contribution < 1.29 is 14.3 Å². The molecule has 5 nitrogen and oxygen atoms in total. The van der Waals surface area contributed by atoms with Crippen LogP contribution in [0.4, 0.5) is 5.69 Å². The predicted octanol–water partition coefficient (Wildman–Crippen LogP) is 3.67. The maximum atomic E-state index is 12.5. The van der Waals surface area contributed by atoms with Crippen LogP contribution in [0.5, 0.6) is 5.75 Å². The van der Waals surface area contributed by atoms with E-state index in [0.29, 0.717) is 34.6 Å². The quantitative estimate of drug-likeness (QED) is 0.844. The summed E-state index contributed by atoms with van der Waals surface area (Å²) >= 11 is 12.0. The van der Waals surface area contributed by atoms with Gasteiger partial charge in [0.2, 0.25) is 11.8 Å². The summed E-state index contributed by atoms with van der Waals surface area (Å²) in [4.78, 5) is 26.4. The Labute approximate surface area is 161 Å². The largest absolute Gasteiger partial charge is 0.496 e.